The van der Waals surface area contributed by atoms with Gasteiger partial charge >= 0.3 is 0 Å². The van der Waals surface area contributed by atoms with Crippen molar-refractivity contribution < 1.29 is 9.53 Å². The molecule has 0 spiro atoms. The molecule has 1 amide bonds. The molecule has 2 aromatic carbocycles. The zero-order chi connectivity index (χ0) is 20.2. The third-order valence-corrected chi connectivity index (χ3v) is 5.27. The summed E-state index contributed by atoms with van der Waals surface area (Å²) in [4.78, 5) is 14.9. The Bertz CT molecular complexity index is 992. The van der Waals surface area contributed by atoms with Crippen molar-refractivity contribution in [1.82, 2.24) is 14.7 Å². The zero-order valence-electron chi connectivity index (χ0n) is 17.1. The summed E-state index contributed by atoms with van der Waals surface area (Å²) >= 11 is 0. The van der Waals surface area contributed by atoms with Crippen molar-refractivity contribution in [3.05, 3.63) is 71.4 Å². The molecule has 5 nitrogen and oxygen atoms in total. The highest BCUT2D eigenvalue weighted by atomic mass is 16.5. The second-order valence-corrected chi connectivity index (χ2v) is 7.54. The van der Waals surface area contributed by atoms with E-state index in [4.69, 9.17) is 9.84 Å². The van der Waals surface area contributed by atoms with E-state index in [-0.39, 0.29) is 5.91 Å². The van der Waals surface area contributed by atoms with E-state index in [1.54, 1.807) is 0 Å². The predicted octanol–water partition coefficient (Wildman–Crippen LogP) is 4.23. The van der Waals surface area contributed by atoms with Crippen molar-refractivity contribution in [2.24, 2.45) is 0 Å². The molecule has 1 aliphatic heterocycles. The predicted molar refractivity (Wildman–Crippen MR) is 114 cm³/mol. The van der Waals surface area contributed by atoms with Gasteiger partial charge in [0.15, 0.2) is 0 Å². The first-order chi connectivity index (χ1) is 14.1. The Kier molecular flexibility index (Phi) is 5.65. The van der Waals surface area contributed by atoms with E-state index in [0.29, 0.717) is 19.6 Å². The number of ether oxygens (including phenoxy) is 1. The van der Waals surface area contributed by atoms with Crippen molar-refractivity contribution in [3.8, 4) is 17.0 Å². The van der Waals surface area contributed by atoms with Crippen LogP contribution in [-0.2, 0) is 24.3 Å². The van der Waals surface area contributed by atoms with Crippen molar-refractivity contribution in [2.45, 2.75) is 39.8 Å². The average molecular weight is 389 g/mol. The number of aromatic nitrogens is 2. The summed E-state index contributed by atoms with van der Waals surface area (Å²) in [5.74, 6) is 0.993. The van der Waals surface area contributed by atoms with Crippen LogP contribution in [0.3, 0.4) is 0 Å². The van der Waals surface area contributed by atoms with Crippen LogP contribution in [0.2, 0.25) is 0 Å². The van der Waals surface area contributed by atoms with Gasteiger partial charge in [0.05, 0.1) is 31.0 Å². The standard InChI is InChI=1S/C24H27N3O2/c1-3-29-22-10-8-19(9-11-22)15-24(28)26-12-5-13-27-21(17-26)16-23(25-27)20-7-4-6-18(2)14-20/h4,6-11,14,16H,3,5,12-13,15,17H2,1-2H3. The molecule has 150 valence electrons. The normalized spacial score (nSPS) is 13.7. The highest BCUT2D eigenvalue weighted by Gasteiger charge is 2.21. The molecule has 0 unspecified atom stereocenters. The SMILES string of the molecule is CCOc1ccc(CC(=O)N2CCCn3nc(-c4cccc(C)c4)cc3C2)cc1. The minimum absolute atomic E-state index is 0.154. The number of amides is 1. The Balaban J connectivity index is 1.47. The molecule has 4 rings (SSSR count). The monoisotopic (exact) mass is 389 g/mol. The molecule has 5 heteroatoms. The zero-order valence-corrected chi connectivity index (χ0v) is 17.1. The molecule has 29 heavy (non-hydrogen) atoms. The molecule has 0 N–H and O–H groups in total. The van der Waals surface area contributed by atoms with Crippen LogP contribution in [0, 0.1) is 6.92 Å². The molecule has 3 aromatic rings. The van der Waals surface area contributed by atoms with Crippen LogP contribution in [0.25, 0.3) is 11.3 Å². The molecule has 2 heterocycles. The lowest BCUT2D eigenvalue weighted by atomic mass is 10.1. The van der Waals surface area contributed by atoms with E-state index < -0.39 is 0 Å². The molecule has 0 bridgehead atoms. The van der Waals surface area contributed by atoms with Gasteiger partial charge < -0.3 is 9.64 Å². The minimum Gasteiger partial charge on any atom is -0.494 e. The van der Waals surface area contributed by atoms with Crippen LogP contribution >= 0.6 is 0 Å². The number of carbonyl (C=O) groups excluding carboxylic acids is 1. The Morgan fingerprint density at radius 3 is 2.69 bits per heavy atom. The first-order valence-electron chi connectivity index (χ1n) is 10.3. The number of benzene rings is 2. The van der Waals surface area contributed by atoms with Crippen LogP contribution < -0.4 is 4.74 Å². The number of aryl methyl sites for hydroxylation is 2. The number of fused-ring (bicyclic) bond motifs is 1. The van der Waals surface area contributed by atoms with Gasteiger partial charge in [-0.1, -0.05) is 35.9 Å². The quantitative estimate of drug-likeness (QED) is 0.656. The maximum absolute atomic E-state index is 12.9. The van der Waals surface area contributed by atoms with E-state index in [1.807, 2.05) is 36.1 Å². The number of hydrogen-bond acceptors (Lipinski definition) is 3. The van der Waals surface area contributed by atoms with Gasteiger partial charge in [-0.3, -0.25) is 9.48 Å². The molecule has 0 radical (unpaired) electrons. The van der Waals surface area contributed by atoms with Gasteiger partial charge in [-0.15, -0.1) is 0 Å². The lowest BCUT2D eigenvalue weighted by Crippen LogP contribution is -2.32. The number of rotatable bonds is 5. The van der Waals surface area contributed by atoms with Crippen LogP contribution in [0.5, 0.6) is 5.75 Å². The highest BCUT2D eigenvalue weighted by molar-refractivity contribution is 5.79. The fraction of sp³-hybridized carbons (Fsp3) is 0.333. The molecule has 0 aliphatic carbocycles. The van der Waals surface area contributed by atoms with Crippen LogP contribution in [-0.4, -0.2) is 33.7 Å². The summed E-state index contributed by atoms with van der Waals surface area (Å²) in [7, 11) is 0. The van der Waals surface area contributed by atoms with Crippen molar-refractivity contribution >= 4 is 5.91 Å². The molecule has 0 saturated carbocycles. The van der Waals surface area contributed by atoms with Gasteiger partial charge in [-0.2, -0.15) is 5.10 Å². The Morgan fingerprint density at radius 2 is 1.93 bits per heavy atom. The third-order valence-electron chi connectivity index (χ3n) is 5.27. The van der Waals surface area contributed by atoms with Crippen LogP contribution in [0.4, 0.5) is 0 Å². The first-order valence-corrected chi connectivity index (χ1v) is 10.3. The van der Waals surface area contributed by atoms with Crippen molar-refractivity contribution in [1.29, 1.82) is 0 Å². The van der Waals surface area contributed by atoms with Crippen molar-refractivity contribution in [3.63, 3.8) is 0 Å². The Hall–Kier alpha value is -3.08. The Labute approximate surface area is 171 Å². The van der Waals surface area contributed by atoms with Gasteiger partial charge in [0.2, 0.25) is 5.91 Å². The molecule has 1 aliphatic rings. The highest BCUT2D eigenvalue weighted by Crippen LogP contribution is 2.23. The summed E-state index contributed by atoms with van der Waals surface area (Å²) in [6.07, 6.45) is 1.32. The van der Waals surface area contributed by atoms with Gasteiger partial charge in [0.25, 0.3) is 0 Å². The summed E-state index contributed by atoms with van der Waals surface area (Å²) < 4.78 is 7.54. The van der Waals surface area contributed by atoms with Gasteiger partial charge in [0.1, 0.15) is 5.75 Å². The lowest BCUT2D eigenvalue weighted by Gasteiger charge is -2.20. The lowest BCUT2D eigenvalue weighted by molar-refractivity contribution is -0.131. The summed E-state index contributed by atoms with van der Waals surface area (Å²) in [5.41, 5.74) is 5.43. The van der Waals surface area contributed by atoms with E-state index in [1.165, 1.54) is 5.56 Å². The molecular weight excluding hydrogens is 362 g/mol. The summed E-state index contributed by atoms with van der Waals surface area (Å²) in [6, 6.07) is 18.3. The average Bonchev–Trinajstić information content (AvgIpc) is 3.01. The van der Waals surface area contributed by atoms with E-state index in [9.17, 15) is 4.79 Å². The fourth-order valence-electron chi connectivity index (χ4n) is 3.78. The number of hydrogen-bond donors (Lipinski definition) is 0. The summed E-state index contributed by atoms with van der Waals surface area (Å²) in [5, 5.41) is 4.79. The molecular formula is C24H27N3O2. The van der Waals surface area contributed by atoms with Crippen LogP contribution in [0.1, 0.15) is 30.2 Å². The molecule has 0 fully saturated rings. The third kappa shape index (κ3) is 4.50. The first kappa shape index (κ1) is 19.2. The molecule has 0 saturated heterocycles. The van der Waals surface area contributed by atoms with E-state index >= 15 is 0 Å². The largest absolute Gasteiger partial charge is 0.494 e. The maximum atomic E-state index is 12.9. The Morgan fingerprint density at radius 1 is 1.10 bits per heavy atom. The second kappa shape index (κ2) is 8.52. The smallest absolute Gasteiger partial charge is 0.227 e. The number of nitrogens with zero attached hydrogens (tertiary/aromatic N) is 3. The van der Waals surface area contributed by atoms with Gasteiger partial charge in [-0.25, -0.2) is 0 Å². The van der Waals surface area contributed by atoms with E-state index in [0.717, 1.165) is 47.8 Å². The second-order valence-electron chi connectivity index (χ2n) is 7.54. The van der Waals surface area contributed by atoms with Crippen molar-refractivity contribution in [2.75, 3.05) is 13.2 Å². The maximum Gasteiger partial charge on any atom is 0.227 e. The fourth-order valence-corrected chi connectivity index (χ4v) is 3.78. The molecule has 0 atom stereocenters. The molecule has 1 aromatic heterocycles. The van der Waals surface area contributed by atoms with E-state index in [2.05, 4.69) is 41.9 Å². The van der Waals surface area contributed by atoms with Gasteiger partial charge in [0, 0.05) is 18.7 Å². The summed E-state index contributed by atoms with van der Waals surface area (Å²) in [6.45, 7) is 6.91. The topological polar surface area (TPSA) is 47.4 Å². The van der Waals surface area contributed by atoms with Crippen LogP contribution in [0.15, 0.2) is 54.6 Å². The number of carbonyl (C=O) groups is 1. The minimum atomic E-state index is 0.154. The van der Waals surface area contributed by atoms with Gasteiger partial charge in [-0.05, 0) is 50.1 Å².